The molecule has 0 saturated heterocycles. The maximum Gasteiger partial charge on any atom is 0.192 e. The third kappa shape index (κ3) is 6.05. The van der Waals surface area contributed by atoms with Gasteiger partial charge in [0.05, 0.1) is 39.1 Å². The molecule has 134 valence electrons. The van der Waals surface area contributed by atoms with Crippen LogP contribution in [0.3, 0.4) is 0 Å². The minimum atomic E-state index is -1.85. The molecule has 1 aromatic heterocycles. The fourth-order valence-corrected chi connectivity index (χ4v) is 4.02. The molecule has 0 bridgehead atoms. The molecular weight excluding hydrogens is 344 g/mol. The Morgan fingerprint density at radius 1 is 1.30 bits per heavy atom. The highest BCUT2D eigenvalue weighted by atomic mass is 32.2. The van der Waals surface area contributed by atoms with E-state index in [0.717, 1.165) is 10.7 Å². The maximum absolute atomic E-state index is 12.5. The van der Waals surface area contributed by atoms with E-state index >= 15 is 0 Å². The number of thiazole rings is 1. The largest absolute Gasteiger partial charge is 0.415 e. The van der Waals surface area contributed by atoms with Gasteiger partial charge >= 0.3 is 0 Å². The molecule has 0 spiro atoms. The van der Waals surface area contributed by atoms with Gasteiger partial charge < -0.3 is 4.43 Å². The highest BCUT2D eigenvalue weighted by Crippen LogP contribution is 2.37. The lowest BCUT2D eigenvalue weighted by atomic mass is 10.2. The predicted octanol–water partition coefficient (Wildman–Crippen LogP) is 4.57. The molecule has 0 aliphatic heterocycles. The number of aromatic nitrogens is 1. The Balaban J connectivity index is 2.91. The number of aryl methyl sites for hydroxylation is 1. The van der Waals surface area contributed by atoms with Crippen LogP contribution in [0, 0.1) is 6.92 Å². The zero-order valence-electron chi connectivity index (χ0n) is 15.9. The van der Waals surface area contributed by atoms with Crippen molar-refractivity contribution in [1.29, 1.82) is 0 Å². The van der Waals surface area contributed by atoms with Crippen molar-refractivity contribution in [1.82, 2.24) is 9.71 Å². The summed E-state index contributed by atoms with van der Waals surface area (Å²) in [5, 5.41) is 3.20. The second kappa shape index (κ2) is 7.43. The molecule has 23 heavy (non-hydrogen) atoms. The Morgan fingerprint density at radius 3 is 2.26 bits per heavy atom. The van der Waals surface area contributed by atoms with Crippen LogP contribution >= 0.6 is 11.3 Å². The first kappa shape index (κ1) is 21.0. The molecule has 7 heteroatoms. The summed E-state index contributed by atoms with van der Waals surface area (Å²) >= 11 is 1.61. The van der Waals surface area contributed by atoms with Crippen molar-refractivity contribution < 1.29 is 8.63 Å². The number of nitrogens with zero attached hydrogens (tertiary/aromatic N) is 1. The maximum atomic E-state index is 12.5. The summed E-state index contributed by atoms with van der Waals surface area (Å²) in [7, 11) is -3.01. The molecule has 1 heterocycles. The number of hydrogen-bond donors (Lipinski definition) is 1. The molecular formula is C16H32N2O2S2Si. The summed E-state index contributed by atoms with van der Waals surface area (Å²) < 4.78 is 21.8. The Labute approximate surface area is 149 Å². The van der Waals surface area contributed by atoms with E-state index in [4.69, 9.17) is 4.43 Å². The lowest BCUT2D eigenvalue weighted by molar-refractivity contribution is 0.255. The van der Waals surface area contributed by atoms with E-state index in [1.54, 1.807) is 11.3 Å². The lowest BCUT2D eigenvalue weighted by Gasteiger charge is -2.37. The molecule has 1 aromatic rings. The highest BCUT2D eigenvalue weighted by molar-refractivity contribution is 7.84. The van der Waals surface area contributed by atoms with E-state index in [-0.39, 0.29) is 15.8 Å². The van der Waals surface area contributed by atoms with Gasteiger partial charge in [0.2, 0.25) is 0 Å². The van der Waals surface area contributed by atoms with Crippen LogP contribution in [0.2, 0.25) is 18.1 Å². The Hall–Kier alpha value is -0.0831. The van der Waals surface area contributed by atoms with Crippen LogP contribution in [-0.4, -0.2) is 28.9 Å². The number of hydrogen-bond acceptors (Lipinski definition) is 4. The second-order valence-corrected chi connectivity index (χ2v) is 16.3. The molecule has 0 aliphatic rings. The van der Waals surface area contributed by atoms with Gasteiger partial charge in [-0.1, -0.05) is 20.8 Å². The van der Waals surface area contributed by atoms with Crippen LogP contribution in [-0.2, 0) is 15.4 Å². The van der Waals surface area contributed by atoms with E-state index in [1.807, 2.05) is 33.1 Å². The van der Waals surface area contributed by atoms with Crippen LogP contribution < -0.4 is 4.72 Å². The third-order valence-electron chi connectivity index (χ3n) is 4.22. The molecule has 0 radical (unpaired) electrons. The SMILES string of the molecule is Cc1nc([C@@H](CO[Si](C)(C)C(C)(C)C)N[S@@](=O)C(C)(C)C)cs1. The standard InChI is InChI=1S/C16H32N2O2S2Si/c1-12-17-14(11-21-12)13(18-22(19)15(2,3)4)10-20-23(8,9)16(5,6)7/h11,13,18H,10H2,1-9H3/t13-,22+/m1/s1. The summed E-state index contributed by atoms with van der Waals surface area (Å²) in [4.78, 5) is 4.57. The third-order valence-corrected chi connectivity index (χ3v) is 11.1. The Kier molecular flexibility index (Phi) is 6.77. The molecule has 2 atom stereocenters. The molecule has 0 aromatic carbocycles. The van der Waals surface area contributed by atoms with Gasteiger partial charge in [0.25, 0.3) is 0 Å². The molecule has 4 nitrogen and oxygen atoms in total. The smallest absolute Gasteiger partial charge is 0.192 e. The summed E-state index contributed by atoms with van der Waals surface area (Å²) in [5.74, 6) is 0. The van der Waals surface area contributed by atoms with Crippen LogP contribution in [0.5, 0.6) is 0 Å². The fourth-order valence-electron chi connectivity index (χ4n) is 1.53. The minimum Gasteiger partial charge on any atom is -0.415 e. The van der Waals surface area contributed by atoms with Crippen molar-refractivity contribution in [2.75, 3.05) is 6.61 Å². The topological polar surface area (TPSA) is 51.2 Å². The Bertz CT molecular complexity index is 545. The average molecular weight is 377 g/mol. The van der Waals surface area contributed by atoms with Crippen molar-refractivity contribution in [2.24, 2.45) is 0 Å². The zero-order valence-corrected chi connectivity index (χ0v) is 18.6. The summed E-state index contributed by atoms with van der Waals surface area (Å²) in [5.41, 5.74) is 0.920. The first-order valence-corrected chi connectivity index (χ1v) is 12.9. The molecule has 0 unspecified atom stereocenters. The van der Waals surface area contributed by atoms with E-state index < -0.39 is 19.3 Å². The van der Waals surface area contributed by atoms with E-state index in [1.165, 1.54) is 0 Å². The van der Waals surface area contributed by atoms with Gasteiger partial charge in [-0.05, 0) is 45.8 Å². The molecule has 0 fully saturated rings. The molecule has 0 saturated carbocycles. The van der Waals surface area contributed by atoms with Gasteiger partial charge in [0.15, 0.2) is 8.32 Å². The van der Waals surface area contributed by atoms with Gasteiger partial charge in [-0.15, -0.1) is 11.3 Å². The van der Waals surface area contributed by atoms with E-state index in [9.17, 15) is 4.21 Å². The van der Waals surface area contributed by atoms with Crippen molar-refractivity contribution in [2.45, 2.75) is 77.4 Å². The Morgan fingerprint density at radius 2 is 1.87 bits per heavy atom. The fraction of sp³-hybridized carbons (Fsp3) is 0.812. The monoisotopic (exact) mass is 376 g/mol. The summed E-state index contributed by atoms with van der Waals surface area (Å²) in [6.45, 7) is 19.5. The van der Waals surface area contributed by atoms with Crippen molar-refractivity contribution in [3.05, 3.63) is 16.1 Å². The van der Waals surface area contributed by atoms with Crippen LogP contribution in [0.15, 0.2) is 5.38 Å². The van der Waals surface area contributed by atoms with Crippen molar-refractivity contribution in [3.63, 3.8) is 0 Å². The van der Waals surface area contributed by atoms with Crippen LogP contribution in [0.4, 0.5) is 0 Å². The molecule has 0 aliphatic carbocycles. The predicted molar refractivity (Wildman–Crippen MR) is 104 cm³/mol. The molecule has 0 amide bonds. The minimum absolute atomic E-state index is 0.144. The van der Waals surface area contributed by atoms with E-state index in [0.29, 0.717) is 6.61 Å². The molecule has 1 N–H and O–H groups in total. The second-order valence-electron chi connectivity index (χ2n) is 8.41. The zero-order chi connectivity index (χ0) is 18.1. The summed E-state index contributed by atoms with van der Waals surface area (Å²) in [6.07, 6.45) is 0. The quantitative estimate of drug-likeness (QED) is 0.740. The van der Waals surface area contributed by atoms with Crippen molar-refractivity contribution >= 4 is 30.6 Å². The first-order valence-electron chi connectivity index (χ1n) is 7.98. The van der Waals surface area contributed by atoms with E-state index in [2.05, 4.69) is 43.6 Å². The van der Waals surface area contributed by atoms with Gasteiger partial charge in [0.1, 0.15) is 0 Å². The van der Waals surface area contributed by atoms with Gasteiger partial charge in [-0.3, -0.25) is 0 Å². The number of rotatable bonds is 6. The highest BCUT2D eigenvalue weighted by Gasteiger charge is 2.38. The average Bonchev–Trinajstić information content (AvgIpc) is 2.78. The van der Waals surface area contributed by atoms with Crippen LogP contribution in [0.1, 0.15) is 58.3 Å². The molecule has 1 rings (SSSR count). The van der Waals surface area contributed by atoms with Crippen LogP contribution in [0.25, 0.3) is 0 Å². The van der Waals surface area contributed by atoms with Crippen molar-refractivity contribution in [3.8, 4) is 0 Å². The van der Waals surface area contributed by atoms with Gasteiger partial charge in [-0.25, -0.2) is 13.9 Å². The first-order chi connectivity index (χ1) is 10.2. The number of nitrogens with one attached hydrogen (secondary N) is 1. The van der Waals surface area contributed by atoms with Gasteiger partial charge in [0, 0.05) is 5.38 Å². The normalized spacial score (nSPS) is 16.4. The lowest BCUT2D eigenvalue weighted by Crippen LogP contribution is -2.44. The summed E-state index contributed by atoms with van der Waals surface area (Å²) in [6, 6.07) is -0.144. The van der Waals surface area contributed by atoms with Gasteiger partial charge in [-0.2, -0.15) is 0 Å².